The Balaban J connectivity index is 1.15. The average molecular weight is 523 g/mol. The highest BCUT2D eigenvalue weighted by Gasteiger charge is 2.44. The molecule has 3 fully saturated rings. The zero-order valence-corrected chi connectivity index (χ0v) is 22.5. The molecule has 3 heterocycles. The molecule has 3 aliphatic rings. The van der Waals surface area contributed by atoms with Crippen molar-refractivity contribution in [3.05, 3.63) is 47.9 Å². The second kappa shape index (κ2) is 10.6. The first-order chi connectivity index (χ1) is 18.2. The van der Waals surface area contributed by atoms with Crippen LogP contribution in [0.1, 0.15) is 69.2 Å². The Labute approximate surface area is 224 Å². The summed E-state index contributed by atoms with van der Waals surface area (Å²) >= 11 is 0. The summed E-state index contributed by atoms with van der Waals surface area (Å²) in [6.07, 6.45) is 9.21. The summed E-state index contributed by atoms with van der Waals surface area (Å²) in [4.78, 5) is 33.4. The van der Waals surface area contributed by atoms with Gasteiger partial charge in [-0.1, -0.05) is 13.3 Å². The predicted molar refractivity (Wildman–Crippen MR) is 144 cm³/mol. The molecule has 2 amide bonds. The maximum atomic E-state index is 15.0. The fourth-order valence-corrected chi connectivity index (χ4v) is 6.19. The van der Waals surface area contributed by atoms with E-state index in [0.717, 1.165) is 25.9 Å². The predicted octanol–water partition coefficient (Wildman–Crippen LogP) is 4.65. The number of carbonyl (C=O) groups is 2. The van der Waals surface area contributed by atoms with Gasteiger partial charge in [-0.05, 0) is 100 Å². The molecule has 2 N–H and O–H groups in total. The molecule has 7 nitrogen and oxygen atoms in total. The van der Waals surface area contributed by atoms with E-state index in [1.807, 2.05) is 6.07 Å². The van der Waals surface area contributed by atoms with E-state index < -0.39 is 23.2 Å². The number of nitrogens with zero attached hydrogens (tertiary/aromatic N) is 3. The van der Waals surface area contributed by atoms with Crippen LogP contribution in [0.5, 0.6) is 5.75 Å². The van der Waals surface area contributed by atoms with Crippen molar-refractivity contribution in [3.63, 3.8) is 0 Å². The van der Waals surface area contributed by atoms with Crippen molar-refractivity contribution in [1.29, 1.82) is 0 Å². The lowest BCUT2D eigenvalue weighted by atomic mass is 9.70. The van der Waals surface area contributed by atoms with E-state index in [4.69, 9.17) is 10.5 Å². The molecule has 0 radical (unpaired) electrons. The number of halogens is 1. The summed E-state index contributed by atoms with van der Waals surface area (Å²) in [5.74, 6) is -0.274. The van der Waals surface area contributed by atoms with Gasteiger partial charge < -0.3 is 20.3 Å². The Bertz CT molecular complexity index is 1170. The van der Waals surface area contributed by atoms with Crippen LogP contribution in [0, 0.1) is 17.2 Å². The van der Waals surface area contributed by atoms with Gasteiger partial charge in [-0.15, -0.1) is 0 Å². The number of pyridine rings is 1. The van der Waals surface area contributed by atoms with Crippen LogP contribution >= 0.6 is 0 Å². The van der Waals surface area contributed by atoms with Crippen molar-refractivity contribution in [2.45, 2.75) is 64.3 Å². The highest BCUT2D eigenvalue weighted by molar-refractivity contribution is 5.99. The molecular formula is C30H39FN4O3. The number of rotatable bonds is 8. The summed E-state index contributed by atoms with van der Waals surface area (Å²) in [5, 5.41) is 0. The van der Waals surface area contributed by atoms with E-state index in [-0.39, 0.29) is 5.56 Å². The fourth-order valence-electron chi connectivity index (χ4n) is 6.19. The van der Waals surface area contributed by atoms with Gasteiger partial charge in [-0.3, -0.25) is 14.6 Å². The Morgan fingerprint density at radius 3 is 2.45 bits per heavy atom. The number of hydrogen-bond acceptors (Lipinski definition) is 5. The lowest BCUT2D eigenvalue weighted by Gasteiger charge is -2.44. The first kappa shape index (κ1) is 26.6. The highest BCUT2D eigenvalue weighted by atomic mass is 19.1. The molecule has 1 aliphatic carbocycles. The van der Waals surface area contributed by atoms with Crippen LogP contribution in [0.4, 0.5) is 4.39 Å². The van der Waals surface area contributed by atoms with Crippen molar-refractivity contribution in [1.82, 2.24) is 14.8 Å². The lowest BCUT2D eigenvalue weighted by Crippen LogP contribution is -2.53. The standard InChI is InChI=1S/C30H39FN4O3/c1-29(11-3-12-29)20-34-15-9-21(10-16-34)19-38-23-6-8-26(33-18-23)24-7-5-22(17-25(24)31)27(36)35-14-4-13-30(35,2)28(32)37/h5-8,17-18,21H,3-4,9-16,19-20H2,1-2H3,(H2,32,37)/t30-/m0/s1. The third kappa shape index (κ3) is 5.41. The molecule has 204 valence electrons. The average Bonchev–Trinajstić information content (AvgIpc) is 3.30. The number of nitrogens with two attached hydrogens (primary N) is 1. The molecule has 2 aromatic rings. The van der Waals surface area contributed by atoms with Gasteiger partial charge in [-0.2, -0.15) is 0 Å². The van der Waals surface area contributed by atoms with Gasteiger partial charge in [0.15, 0.2) is 0 Å². The number of hydrogen-bond donors (Lipinski definition) is 1. The summed E-state index contributed by atoms with van der Waals surface area (Å²) < 4.78 is 21.1. The summed E-state index contributed by atoms with van der Waals surface area (Å²) in [6, 6.07) is 7.89. The fraction of sp³-hybridized carbons (Fsp3) is 0.567. The maximum Gasteiger partial charge on any atom is 0.254 e. The Hall–Kier alpha value is -3.00. The molecule has 5 rings (SSSR count). The van der Waals surface area contributed by atoms with Crippen LogP contribution in [-0.2, 0) is 4.79 Å². The van der Waals surface area contributed by atoms with Crippen LogP contribution in [0.15, 0.2) is 36.5 Å². The Kier molecular flexibility index (Phi) is 7.45. The van der Waals surface area contributed by atoms with E-state index in [1.54, 1.807) is 31.3 Å². The molecule has 1 saturated carbocycles. The number of likely N-dealkylation sites (tertiary alicyclic amines) is 2. The molecule has 0 spiro atoms. The molecule has 38 heavy (non-hydrogen) atoms. The van der Waals surface area contributed by atoms with Crippen molar-refractivity contribution >= 4 is 11.8 Å². The van der Waals surface area contributed by atoms with Gasteiger partial charge in [0.1, 0.15) is 17.1 Å². The lowest BCUT2D eigenvalue weighted by molar-refractivity contribution is -0.126. The zero-order valence-electron chi connectivity index (χ0n) is 22.5. The molecule has 0 bridgehead atoms. The van der Waals surface area contributed by atoms with Crippen LogP contribution in [0.25, 0.3) is 11.3 Å². The van der Waals surface area contributed by atoms with E-state index >= 15 is 4.39 Å². The normalized spacial score (nSPS) is 23.7. The van der Waals surface area contributed by atoms with Gasteiger partial charge in [0.05, 0.1) is 18.5 Å². The van der Waals surface area contributed by atoms with Gasteiger partial charge in [0, 0.05) is 24.2 Å². The molecule has 2 saturated heterocycles. The van der Waals surface area contributed by atoms with Crippen LogP contribution in [0.3, 0.4) is 0 Å². The molecule has 0 unspecified atom stereocenters. The molecule has 2 aliphatic heterocycles. The molecular weight excluding hydrogens is 483 g/mol. The minimum Gasteiger partial charge on any atom is -0.492 e. The third-order valence-corrected chi connectivity index (χ3v) is 9.00. The van der Waals surface area contributed by atoms with Crippen molar-refractivity contribution < 1.29 is 18.7 Å². The summed E-state index contributed by atoms with van der Waals surface area (Å²) in [6.45, 7) is 8.66. The highest BCUT2D eigenvalue weighted by Crippen LogP contribution is 2.41. The zero-order chi connectivity index (χ0) is 26.9. The third-order valence-electron chi connectivity index (χ3n) is 9.00. The van der Waals surface area contributed by atoms with Gasteiger partial charge in [-0.25, -0.2) is 4.39 Å². The number of carbonyl (C=O) groups excluding carboxylic acids is 2. The molecule has 1 aromatic heterocycles. The second-order valence-electron chi connectivity index (χ2n) is 12.0. The minimum atomic E-state index is -1.05. The second-order valence-corrected chi connectivity index (χ2v) is 12.0. The van der Waals surface area contributed by atoms with E-state index in [0.29, 0.717) is 54.3 Å². The van der Waals surface area contributed by atoms with Crippen molar-refractivity contribution in [2.24, 2.45) is 17.1 Å². The van der Waals surface area contributed by atoms with Crippen LogP contribution in [-0.4, -0.2) is 64.9 Å². The number of aromatic nitrogens is 1. The van der Waals surface area contributed by atoms with Gasteiger partial charge >= 0.3 is 0 Å². The number of primary amides is 1. The largest absolute Gasteiger partial charge is 0.492 e. The maximum absolute atomic E-state index is 15.0. The molecule has 1 atom stereocenters. The topological polar surface area (TPSA) is 88.8 Å². The smallest absolute Gasteiger partial charge is 0.254 e. The van der Waals surface area contributed by atoms with Crippen molar-refractivity contribution in [3.8, 4) is 17.0 Å². The van der Waals surface area contributed by atoms with Crippen molar-refractivity contribution in [2.75, 3.05) is 32.8 Å². The molecule has 1 aromatic carbocycles. The molecule has 8 heteroatoms. The quantitative estimate of drug-likeness (QED) is 0.545. The summed E-state index contributed by atoms with van der Waals surface area (Å²) in [7, 11) is 0. The monoisotopic (exact) mass is 522 g/mol. The number of amides is 2. The summed E-state index contributed by atoms with van der Waals surface area (Å²) in [5.41, 5.74) is 6.00. The first-order valence-corrected chi connectivity index (χ1v) is 13.9. The van der Waals surface area contributed by atoms with Gasteiger partial charge in [0.2, 0.25) is 5.91 Å². The number of piperidine rings is 1. The minimum absolute atomic E-state index is 0.188. The Morgan fingerprint density at radius 1 is 1.08 bits per heavy atom. The van der Waals surface area contributed by atoms with Gasteiger partial charge in [0.25, 0.3) is 5.91 Å². The van der Waals surface area contributed by atoms with E-state index in [2.05, 4.69) is 16.8 Å². The first-order valence-electron chi connectivity index (χ1n) is 13.9. The Morgan fingerprint density at radius 2 is 1.84 bits per heavy atom. The van der Waals surface area contributed by atoms with Crippen LogP contribution < -0.4 is 10.5 Å². The van der Waals surface area contributed by atoms with E-state index in [9.17, 15) is 9.59 Å². The number of benzene rings is 1. The number of ether oxygens (including phenoxy) is 1. The van der Waals surface area contributed by atoms with E-state index in [1.165, 1.54) is 36.8 Å². The SMILES string of the molecule is CC1(CN2CCC(COc3ccc(-c4ccc(C(=O)N5CCC[C@@]5(C)C(N)=O)cc4F)nc3)CC2)CCC1. The van der Waals surface area contributed by atoms with Crippen LogP contribution in [0.2, 0.25) is 0 Å².